The Labute approximate surface area is 199 Å². The molecule has 8 nitrogen and oxygen atoms in total. The highest BCUT2D eigenvalue weighted by Gasteiger charge is 2.58. The van der Waals surface area contributed by atoms with Crippen LogP contribution in [0.25, 0.3) is 0 Å². The second-order valence-corrected chi connectivity index (χ2v) is 9.38. The van der Waals surface area contributed by atoms with Gasteiger partial charge in [0.2, 0.25) is 5.91 Å². The SMILES string of the molecule is CC(O)[C@H]1C(=O)N2C(C(=O)[O-])=C(COc3ccc(C[n+]4ccccc4N)cc3I)C(C)[C@H]12. The second-order valence-electron chi connectivity index (χ2n) is 8.22. The molecular weight excluding hydrogens is 525 g/mol. The number of β-lactam (4-membered cyclic amide) rings is 1. The standard InChI is InChI=1S/C23H24IN3O5/c1-12-15(21(23(30)31)27-20(12)19(13(2)28)22(27)29)11-32-17-7-6-14(9-16(17)24)10-26-8-4-3-5-18(26)25/h3-9,12-13,19-20,25,28H,10-11H2,1-2H3,(H,30,31)/t12?,13?,19-,20-/m1/s1. The van der Waals surface area contributed by atoms with Crippen LogP contribution in [-0.2, 0) is 16.1 Å². The number of amides is 1. The zero-order valence-corrected chi connectivity index (χ0v) is 19.9. The van der Waals surface area contributed by atoms with Gasteiger partial charge in [-0.1, -0.05) is 19.1 Å². The Bertz CT molecular complexity index is 1120. The first-order chi connectivity index (χ1) is 15.2. The minimum absolute atomic E-state index is 0.0209. The number of carboxylic acid groups (broad SMARTS) is 1. The number of carbonyl (C=O) groups is 2. The van der Waals surface area contributed by atoms with E-state index in [1.807, 2.05) is 54.1 Å². The summed E-state index contributed by atoms with van der Waals surface area (Å²) in [5.41, 5.74) is 7.42. The number of pyridine rings is 1. The first-order valence-corrected chi connectivity index (χ1v) is 11.4. The number of hydrogen-bond donors (Lipinski definition) is 2. The second kappa shape index (κ2) is 8.70. The first-order valence-electron chi connectivity index (χ1n) is 10.3. The summed E-state index contributed by atoms with van der Waals surface area (Å²) in [6.45, 7) is 4.03. The van der Waals surface area contributed by atoms with Gasteiger partial charge < -0.3 is 24.6 Å². The molecule has 168 valence electrons. The molecule has 0 spiro atoms. The van der Waals surface area contributed by atoms with E-state index in [1.165, 1.54) is 4.90 Å². The van der Waals surface area contributed by atoms with Gasteiger partial charge in [-0.2, -0.15) is 0 Å². The Balaban J connectivity index is 1.51. The number of nitrogens with two attached hydrogens (primary N) is 1. The van der Waals surface area contributed by atoms with E-state index in [0.717, 1.165) is 9.13 Å². The Hall–Kier alpha value is -2.66. The smallest absolute Gasteiger partial charge is 0.272 e. The third kappa shape index (κ3) is 3.83. The number of carbonyl (C=O) groups excluding carboxylic acids is 2. The van der Waals surface area contributed by atoms with Gasteiger partial charge in [-0.15, -0.1) is 0 Å². The van der Waals surface area contributed by atoms with Crippen LogP contribution in [0, 0.1) is 15.4 Å². The molecule has 1 amide bonds. The number of aliphatic carboxylic acids is 1. The Kier molecular flexibility index (Phi) is 6.13. The van der Waals surface area contributed by atoms with Crippen LogP contribution in [-0.4, -0.2) is 40.6 Å². The van der Waals surface area contributed by atoms with Crippen molar-refractivity contribution in [1.82, 2.24) is 4.90 Å². The first kappa shape index (κ1) is 22.5. The third-order valence-corrected chi connectivity index (χ3v) is 7.06. The lowest BCUT2D eigenvalue weighted by molar-refractivity contribution is -0.674. The van der Waals surface area contributed by atoms with Crippen LogP contribution in [0.2, 0.25) is 0 Å². The van der Waals surface area contributed by atoms with Crippen molar-refractivity contribution in [3.05, 3.63) is 63.0 Å². The Morgan fingerprint density at radius 3 is 2.75 bits per heavy atom. The average molecular weight is 549 g/mol. The van der Waals surface area contributed by atoms with Crippen LogP contribution in [0.4, 0.5) is 5.82 Å². The largest absolute Gasteiger partial charge is 0.543 e. The lowest BCUT2D eigenvalue weighted by Crippen LogP contribution is -2.64. The molecule has 3 heterocycles. The van der Waals surface area contributed by atoms with E-state index in [4.69, 9.17) is 10.5 Å². The van der Waals surface area contributed by atoms with E-state index in [0.29, 0.717) is 23.7 Å². The number of carboxylic acids is 1. The molecule has 1 aromatic heterocycles. The molecule has 1 fully saturated rings. The van der Waals surface area contributed by atoms with E-state index in [-0.39, 0.29) is 30.2 Å². The zero-order chi connectivity index (χ0) is 23.2. The quantitative estimate of drug-likeness (QED) is 0.294. The molecule has 0 aliphatic carbocycles. The summed E-state index contributed by atoms with van der Waals surface area (Å²) in [5.74, 6) is -1.38. The number of ether oxygens (including phenoxy) is 1. The van der Waals surface area contributed by atoms with Crippen LogP contribution in [0.1, 0.15) is 19.4 Å². The normalized spacial score (nSPS) is 23.1. The highest BCUT2D eigenvalue weighted by Crippen LogP contribution is 2.47. The highest BCUT2D eigenvalue weighted by atomic mass is 127. The van der Waals surface area contributed by atoms with Gasteiger partial charge in [0.15, 0.2) is 0 Å². The maximum atomic E-state index is 12.4. The summed E-state index contributed by atoms with van der Waals surface area (Å²) < 4.78 is 8.77. The number of aliphatic hydroxyl groups is 1. The van der Waals surface area contributed by atoms with Crippen molar-refractivity contribution in [2.24, 2.45) is 11.8 Å². The van der Waals surface area contributed by atoms with Crippen molar-refractivity contribution in [2.75, 3.05) is 12.3 Å². The van der Waals surface area contributed by atoms with Gasteiger partial charge in [-0.05, 0) is 58.9 Å². The van der Waals surface area contributed by atoms with Crippen LogP contribution in [0.5, 0.6) is 5.75 Å². The molecule has 4 atom stereocenters. The number of rotatable bonds is 7. The van der Waals surface area contributed by atoms with E-state index in [2.05, 4.69) is 22.6 Å². The summed E-state index contributed by atoms with van der Waals surface area (Å²) in [7, 11) is 0. The molecule has 0 bridgehead atoms. The number of benzene rings is 1. The van der Waals surface area contributed by atoms with Crippen LogP contribution < -0.4 is 20.1 Å². The fourth-order valence-corrected chi connectivity index (χ4v) is 5.30. The number of nitrogen functional groups attached to an aromatic ring is 1. The van der Waals surface area contributed by atoms with E-state index >= 15 is 0 Å². The van der Waals surface area contributed by atoms with Crippen LogP contribution >= 0.6 is 22.6 Å². The van der Waals surface area contributed by atoms with Gasteiger partial charge in [0.05, 0.1) is 39.5 Å². The van der Waals surface area contributed by atoms with Crippen molar-refractivity contribution in [1.29, 1.82) is 0 Å². The molecular formula is C23H24IN3O5. The number of hydrogen-bond acceptors (Lipinski definition) is 6. The molecule has 4 rings (SSSR count). The van der Waals surface area contributed by atoms with E-state index in [1.54, 1.807) is 6.92 Å². The number of halogens is 1. The van der Waals surface area contributed by atoms with Gasteiger partial charge in [0.25, 0.3) is 5.82 Å². The predicted octanol–water partition coefficient (Wildman–Crippen LogP) is 0.450. The fourth-order valence-electron chi connectivity index (χ4n) is 4.57. The third-order valence-electron chi connectivity index (χ3n) is 6.22. The van der Waals surface area contributed by atoms with Crippen molar-refractivity contribution in [2.45, 2.75) is 32.5 Å². The maximum Gasteiger partial charge on any atom is 0.272 e. The number of nitrogens with zero attached hydrogens (tertiary/aromatic N) is 2. The van der Waals surface area contributed by atoms with E-state index in [9.17, 15) is 19.8 Å². The molecule has 9 heteroatoms. The molecule has 2 aliphatic heterocycles. The summed E-state index contributed by atoms with van der Waals surface area (Å²) in [5, 5.41) is 21.7. The molecule has 1 saturated heterocycles. The molecule has 0 radical (unpaired) electrons. The molecule has 1 aromatic carbocycles. The minimum atomic E-state index is -1.40. The topological polar surface area (TPSA) is 120 Å². The minimum Gasteiger partial charge on any atom is -0.543 e. The molecule has 2 aromatic rings. The monoisotopic (exact) mass is 549 g/mol. The van der Waals surface area contributed by atoms with E-state index < -0.39 is 18.0 Å². The number of anilines is 1. The Morgan fingerprint density at radius 2 is 2.12 bits per heavy atom. The average Bonchev–Trinajstić information content (AvgIpc) is 2.97. The molecule has 2 unspecified atom stereocenters. The van der Waals surface area contributed by atoms with Gasteiger partial charge in [-0.3, -0.25) is 10.5 Å². The van der Waals surface area contributed by atoms with Gasteiger partial charge in [0.1, 0.15) is 18.9 Å². The fraction of sp³-hybridized carbons (Fsp3) is 0.348. The van der Waals surface area contributed by atoms with Gasteiger partial charge in [0, 0.05) is 12.0 Å². The molecule has 32 heavy (non-hydrogen) atoms. The van der Waals surface area contributed by atoms with Crippen LogP contribution in [0.15, 0.2) is 53.9 Å². The predicted molar refractivity (Wildman–Crippen MR) is 122 cm³/mol. The maximum absolute atomic E-state index is 12.4. The zero-order valence-electron chi connectivity index (χ0n) is 17.7. The molecule has 0 saturated carbocycles. The van der Waals surface area contributed by atoms with Crippen molar-refractivity contribution in [3.63, 3.8) is 0 Å². The lowest BCUT2D eigenvalue weighted by atomic mass is 9.78. The Morgan fingerprint density at radius 1 is 1.38 bits per heavy atom. The molecule has 3 N–H and O–H groups in total. The van der Waals surface area contributed by atoms with Crippen LogP contribution in [0.3, 0.4) is 0 Å². The highest BCUT2D eigenvalue weighted by molar-refractivity contribution is 14.1. The van der Waals surface area contributed by atoms with Crippen molar-refractivity contribution in [3.8, 4) is 5.75 Å². The summed E-state index contributed by atoms with van der Waals surface area (Å²) in [6, 6.07) is 11.0. The van der Waals surface area contributed by atoms with Gasteiger partial charge >= 0.3 is 0 Å². The summed E-state index contributed by atoms with van der Waals surface area (Å²) in [6.07, 6.45) is 1.06. The van der Waals surface area contributed by atoms with Gasteiger partial charge in [-0.25, -0.2) is 4.57 Å². The lowest BCUT2D eigenvalue weighted by Gasteiger charge is -2.47. The number of aliphatic hydroxyl groups excluding tert-OH is 1. The molecule has 2 aliphatic rings. The summed E-state index contributed by atoms with van der Waals surface area (Å²) >= 11 is 2.18. The number of fused-ring (bicyclic) bond motifs is 1. The van der Waals surface area contributed by atoms with Crippen molar-refractivity contribution < 1.29 is 29.1 Å². The summed E-state index contributed by atoms with van der Waals surface area (Å²) in [4.78, 5) is 25.5. The number of aromatic nitrogens is 1. The van der Waals surface area contributed by atoms with Crippen molar-refractivity contribution >= 4 is 40.3 Å².